The van der Waals surface area contributed by atoms with Crippen LogP contribution in [0.5, 0.6) is 0 Å². The standard InChI is InChI=1S/C10H9NO/c12-11-10-7-3-5-8-4-1-2-6-9(8)10/h1-6,10H,7H2. The number of nitrogens with zero attached hydrogens (tertiary/aromatic N) is 1. The fourth-order valence-corrected chi connectivity index (χ4v) is 1.52. The van der Waals surface area contributed by atoms with Crippen molar-refractivity contribution in [2.45, 2.75) is 12.5 Å². The minimum absolute atomic E-state index is 0.175. The van der Waals surface area contributed by atoms with Gasteiger partial charge in [-0.3, -0.25) is 0 Å². The van der Waals surface area contributed by atoms with Gasteiger partial charge in [0.1, 0.15) is 6.04 Å². The highest BCUT2D eigenvalue weighted by molar-refractivity contribution is 5.57. The van der Waals surface area contributed by atoms with Crippen molar-refractivity contribution < 1.29 is 0 Å². The highest BCUT2D eigenvalue weighted by Gasteiger charge is 2.15. The normalized spacial score (nSPS) is 20.2. The lowest BCUT2D eigenvalue weighted by Crippen LogP contribution is -1.99. The van der Waals surface area contributed by atoms with Crippen LogP contribution in [0.25, 0.3) is 6.08 Å². The molecule has 0 aromatic heterocycles. The van der Waals surface area contributed by atoms with E-state index in [9.17, 15) is 4.91 Å². The second-order valence-electron chi connectivity index (χ2n) is 2.89. The quantitative estimate of drug-likeness (QED) is 0.579. The zero-order valence-electron chi connectivity index (χ0n) is 6.60. The topological polar surface area (TPSA) is 29.4 Å². The van der Waals surface area contributed by atoms with Crippen molar-refractivity contribution in [1.29, 1.82) is 0 Å². The van der Waals surface area contributed by atoms with Gasteiger partial charge in [0.25, 0.3) is 0 Å². The molecule has 2 heteroatoms. The predicted octanol–water partition coefficient (Wildman–Crippen LogP) is 2.91. The molecule has 0 saturated carbocycles. The Morgan fingerprint density at radius 1 is 1.33 bits per heavy atom. The van der Waals surface area contributed by atoms with Gasteiger partial charge in [0, 0.05) is 0 Å². The van der Waals surface area contributed by atoms with Crippen LogP contribution in [0.2, 0.25) is 0 Å². The second-order valence-corrected chi connectivity index (χ2v) is 2.89. The van der Waals surface area contributed by atoms with Crippen LogP contribution in [0.3, 0.4) is 0 Å². The molecule has 2 rings (SSSR count). The molecule has 0 N–H and O–H groups in total. The Kier molecular flexibility index (Phi) is 1.74. The number of benzene rings is 1. The van der Waals surface area contributed by atoms with Gasteiger partial charge in [-0.2, -0.15) is 4.91 Å². The van der Waals surface area contributed by atoms with Crippen LogP contribution in [0.15, 0.2) is 35.5 Å². The molecule has 60 valence electrons. The Labute approximate surface area is 70.9 Å². The fourth-order valence-electron chi connectivity index (χ4n) is 1.52. The lowest BCUT2D eigenvalue weighted by molar-refractivity contribution is 0.728. The molecule has 0 aliphatic heterocycles. The van der Waals surface area contributed by atoms with E-state index in [-0.39, 0.29) is 6.04 Å². The van der Waals surface area contributed by atoms with Crippen molar-refractivity contribution in [1.82, 2.24) is 0 Å². The minimum Gasteiger partial charge on any atom is -0.150 e. The van der Waals surface area contributed by atoms with Crippen molar-refractivity contribution >= 4 is 6.08 Å². The smallest absolute Gasteiger partial charge is 0.121 e. The lowest BCUT2D eigenvalue weighted by atomic mass is 9.94. The van der Waals surface area contributed by atoms with Gasteiger partial charge in [-0.25, -0.2) is 0 Å². The summed E-state index contributed by atoms with van der Waals surface area (Å²) in [7, 11) is 0. The molecule has 0 fully saturated rings. The van der Waals surface area contributed by atoms with E-state index in [4.69, 9.17) is 0 Å². The molecule has 0 saturated heterocycles. The molecule has 2 nitrogen and oxygen atoms in total. The number of rotatable bonds is 1. The average Bonchev–Trinajstić information content (AvgIpc) is 2.17. The maximum atomic E-state index is 10.4. The van der Waals surface area contributed by atoms with Crippen LogP contribution in [0, 0.1) is 4.91 Å². The monoisotopic (exact) mass is 159 g/mol. The van der Waals surface area contributed by atoms with Gasteiger partial charge in [-0.05, 0) is 17.5 Å². The van der Waals surface area contributed by atoms with Crippen LogP contribution < -0.4 is 0 Å². The zero-order valence-corrected chi connectivity index (χ0v) is 6.60. The minimum atomic E-state index is -0.175. The van der Waals surface area contributed by atoms with E-state index in [0.29, 0.717) is 0 Å². The SMILES string of the molecule is O=NC1CC=Cc2ccccc21. The number of hydrogen-bond donors (Lipinski definition) is 0. The van der Waals surface area contributed by atoms with E-state index in [1.165, 1.54) is 0 Å². The summed E-state index contributed by atoms with van der Waals surface area (Å²) in [6.07, 6.45) is 4.77. The third-order valence-electron chi connectivity index (χ3n) is 2.14. The van der Waals surface area contributed by atoms with Crippen molar-refractivity contribution in [3.8, 4) is 0 Å². The molecule has 1 aliphatic carbocycles. The summed E-state index contributed by atoms with van der Waals surface area (Å²) in [4.78, 5) is 10.4. The molecule has 1 aliphatic rings. The van der Waals surface area contributed by atoms with Gasteiger partial charge in [-0.15, -0.1) is 0 Å². The molecule has 0 bridgehead atoms. The molecule has 1 atom stereocenters. The predicted molar refractivity (Wildman–Crippen MR) is 48.6 cm³/mol. The van der Waals surface area contributed by atoms with Crippen molar-refractivity contribution in [3.63, 3.8) is 0 Å². The molecule has 1 unspecified atom stereocenters. The molecular formula is C10H9NO. The first-order valence-corrected chi connectivity index (χ1v) is 4.00. The maximum Gasteiger partial charge on any atom is 0.121 e. The van der Waals surface area contributed by atoms with Crippen LogP contribution in [0.1, 0.15) is 23.6 Å². The first kappa shape index (κ1) is 7.22. The highest BCUT2D eigenvalue weighted by atomic mass is 16.3. The van der Waals surface area contributed by atoms with Crippen LogP contribution in [-0.2, 0) is 0 Å². The second kappa shape index (κ2) is 2.89. The summed E-state index contributed by atoms with van der Waals surface area (Å²) >= 11 is 0. The Balaban J connectivity index is 2.52. The molecule has 0 spiro atoms. The Morgan fingerprint density at radius 2 is 2.17 bits per heavy atom. The third kappa shape index (κ3) is 1.05. The molecule has 1 aromatic rings. The van der Waals surface area contributed by atoms with Gasteiger partial charge in [0.05, 0.1) is 0 Å². The highest BCUT2D eigenvalue weighted by Crippen LogP contribution is 2.29. The van der Waals surface area contributed by atoms with Crippen LogP contribution >= 0.6 is 0 Å². The summed E-state index contributed by atoms with van der Waals surface area (Å²) < 4.78 is 0. The van der Waals surface area contributed by atoms with Gasteiger partial charge in [0.2, 0.25) is 0 Å². The molecule has 12 heavy (non-hydrogen) atoms. The van der Waals surface area contributed by atoms with E-state index in [0.717, 1.165) is 17.5 Å². The summed E-state index contributed by atoms with van der Waals surface area (Å²) in [5.74, 6) is 0. The van der Waals surface area contributed by atoms with Crippen LogP contribution in [-0.4, -0.2) is 0 Å². The van der Waals surface area contributed by atoms with E-state index in [2.05, 4.69) is 5.18 Å². The van der Waals surface area contributed by atoms with E-state index in [1.54, 1.807) is 0 Å². The Morgan fingerprint density at radius 3 is 3.00 bits per heavy atom. The summed E-state index contributed by atoms with van der Waals surface area (Å²) in [6, 6.07) is 7.70. The molecular weight excluding hydrogens is 150 g/mol. The Bertz CT molecular complexity index is 330. The first-order chi connectivity index (χ1) is 5.92. The third-order valence-corrected chi connectivity index (χ3v) is 2.14. The molecule has 0 heterocycles. The largest absolute Gasteiger partial charge is 0.150 e. The average molecular weight is 159 g/mol. The summed E-state index contributed by atoms with van der Waals surface area (Å²) in [5.41, 5.74) is 2.17. The Hall–Kier alpha value is -1.44. The van der Waals surface area contributed by atoms with Crippen LogP contribution in [0.4, 0.5) is 0 Å². The van der Waals surface area contributed by atoms with E-state index < -0.39 is 0 Å². The number of hydrogen-bond acceptors (Lipinski definition) is 2. The molecule has 0 amide bonds. The van der Waals surface area contributed by atoms with Crippen molar-refractivity contribution in [3.05, 3.63) is 46.4 Å². The van der Waals surface area contributed by atoms with E-state index in [1.807, 2.05) is 36.4 Å². The zero-order chi connectivity index (χ0) is 8.39. The number of fused-ring (bicyclic) bond motifs is 1. The fraction of sp³-hybridized carbons (Fsp3) is 0.200. The summed E-state index contributed by atoms with van der Waals surface area (Å²) in [6.45, 7) is 0. The van der Waals surface area contributed by atoms with E-state index >= 15 is 0 Å². The maximum absolute atomic E-state index is 10.4. The number of nitroso groups, excluding NO2 is 1. The summed E-state index contributed by atoms with van der Waals surface area (Å²) in [5, 5.41) is 3.09. The molecule has 1 aromatic carbocycles. The van der Waals surface area contributed by atoms with Crippen molar-refractivity contribution in [2.24, 2.45) is 5.18 Å². The van der Waals surface area contributed by atoms with Gasteiger partial charge >= 0.3 is 0 Å². The van der Waals surface area contributed by atoms with Gasteiger partial charge in [0.15, 0.2) is 0 Å². The van der Waals surface area contributed by atoms with Gasteiger partial charge < -0.3 is 0 Å². The van der Waals surface area contributed by atoms with Gasteiger partial charge in [-0.1, -0.05) is 41.6 Å². The van der Waals surface area contributed by atoms with Crippen molar-refractivity contribution in [2.75, 3.05) is 0 Å². The lowest BCUT2D eigenvalue weighted by Gasteiger charge is -2.14. The first-order valence-electron chi connectivity index (χ1n) is 4.00. The molecule has 0 radical (unpaired) electrons.